The first kappa shape index (κ1) is 16.8. The Morgan fingerprint density at radius 1 is 0.815 bits per heavy atom. The number of nitrogens with zero attached hydrogens (tertiary/aromatic N) is 5. The van der Waals surface area contributed by atoms with Gasteiger partial charge in [-0.15, -0.1) is 0 Å². The van der Waals surface area contributed by atoms with Gasteiger partial charge < -0.3 is 0 Å². The quantitative estimate of drug-likeness (QED) is 0.561. The number of fused-ring (bicyclic) bond motifs is 1. The highest BCUT2D eigenvalue weighted by Crippen LogP contribution is 2.19. The van der Waals surface area contributed by atoms with Crippen molar-refractivity contribution < 1.29 is 0 Å². The van der Waals surface area contributed by atoms with Crippen LogP contribution >= 0.6 is 0 Å². The predicted molar refractivity (Wildman–Crippen MR) is 102 cm³/mol. The van der Waals surface area contributed by atoms with Crippen LogP contribution in [0.1, 0.15) is 25.6 Å². The average Bonchev–Trinajstić information content (AvgIpc) is 2.69. The van der Waals surface area contributed by atoms with E-state index in [-0.39, 0.29) is 17.4 Å². The molecule has 2 aromatic rings. The predicted octanol–water partition coefficient (Wildman–Crippen LogP) is 2.40. The molecule has 0 spiro atoms. The van der Waals surface area contributed by atoms with E-state index in [1.807, 2.05) is 50.2 Å². The maximum atomic E-state index is 13.1. The molecule has 134 valence electrons. The zero-order valence-electron chi connectivity index (χ0n) is 14.9. The van der Waals surface area contributed by atoms with Crippen LogP contribution in [0.5, 0.6) is 0 Å². The molecular weight excluding hydrogens is 342 g/mol. The fourth-order valence-electron chi connectivity index (χ4n) is 2.81. The Balaban J connectivity index is 2.10. The topological polar surface area (TPSA) is 82.7 Å². The summed E-state index contributed by atoms with van der Waals surface area (Å²) >= 11 is 0. The number of hydrogen-bond donors (Lipinski definition) is 0. The zero-order valence-corrected chi connectivity index (χ0v) is 14.9. The van der Waals surface area contributed by atoms with Crippen molar-refractivity contribution in [3.63, 3.8) is 0 Å². The van der Waals surface area contributed by atoms with Gasteiger partial charge in [-0.3, -0.25) is 4.79 Å². The molecule has 0 saturated carbocycles. The Labute approximate surface area is 154 Å². The molecule has 2 aliphatic heterocycles. The molecule has 0 radical (unpaired) electrons. The van der Waals surface area contributed by atoms with Gasteiger partial charge in [-0.25, -0.2) is 19.0 Å². The minimum absolute atomic E-state index is 0.000801. The van der Waals surface area contributed by atoms with Crippen molar-refractivity contribution in [3.8, 4) is 22.9 Å². The Kier molecular flexibility index (Phi) is 4.12. The van der Waals surface area contributed by atoms with Crippen molar-refractivity contribution in [1.29, 1.82) is 0 Å². The summed E-state index contributed by atoms with van der Waals surface area (Å²) in [6.07, 6.45) is 0. The number of rotatable bonds is 3. The Morgan fingerprint density at radius 2 is 1.41 bits per heavy atom. The van der Waals surface area contributed by atoms with Crippen LogP contribution in [0.2, 0.25) is 0 Å². The molecule has 0 aliphatic carbocycles. The summed E-state index contributed by atoms with van der Waals surface area (Å²) in [5, 5.41) is 4.51. The van der Waals surface area contributed by atoms with E-state index in [9.17, 15) is 9.59 Å². The van der Waals surface area contributed by atoms with Crippen LogP contribution in [0.4, 0.5) is 0 Å². The van der Waals surface area contributed by atoms with Gasteiger partial charge >= 0.3 is 5.69 Å². The molecule has 7 nitrogen and oxygen atoms in total. The molecule has 2 aliphatic rings. The van der Waals surface area contributed by atoms with Gasteiger partial charge in [-0.1, -0.05) is 50.2 Å². The fraction of sp³-hybridized carbons (Fsp3) is 0.150. The van der Waals surface area contributed by atoms with Crippen molar-refractivity contribution in [2.45, 2.75) is 19.8 Å². The first-order valence-corrected chi connectivity index (χ1v) is 8.61. The van der Waals surface area contributed by atoms with E-state index >= 15 is 0 Å². The van der Waals surface area contributed by atoms with Crippen LogP contribution in [0.25, 0.3) is 22.9 Å². The Bertz CT molecular complexity index is 1180. The molecule has 0 N–H and O–H groups in total. The summed E-state index contributed by atoms with van der Waals surface area (Å²) in [7, 11) is 0. The van der Waals surface area contributed by atoms with Gasteiger partial charge in [0.25, 0.3) is 5.56 Å². The smallest absolute Gasteiger partial charge is 0.266 e. The van der Waals surface area contributed by atoms with Gasteiger partial charge in [0.2, 0.25) is 0 Å². The van der Waals surface area contributed by atoms with Gasteiger partial charge in [0.15, 0.2) is 17.3 Å². The van der Waals surface area contributed by atoms with Crippen LogP contribution in [0.15, 0.2) is 70.3 Å². The van der Waals surface area contributed by atoms with E-state index in [1.54, 1.807) is 24.3 Å². The molecule has 0 fully saturated rings. The lowest BCUT2D eigenvalue weighted by atomic mass is 10.2. The Morgan fingerprint density at radius 3 is 2.00 bits per heavy atom. The van der Waals surface area contributed by atoms with Gasteiger partial charge in [0, 0.05) is 5.92 Å². The minimum atomic E-state index is -0.663. The highest BCUT2D eigenvalue weighted by molar-refractivity contribution is 5.53. The lowest BCUT2D eigenvalue weighted by Crippen LogP contribution is -2.38. The summed E-state index contributed by atoms with van der Waals surface area (Å²) in [5.41, 5.74) is 0.101. The van der Waals surface area contributed by atoms with Crippen LogP contribution in [0, 0.1) is 0 Å². The van der Waals surface area contributed by atoms with E-state index in [0.717, 1.165) is 4.57 Å². The van der Waals surface area contributed by atoms with Crippen LogP contribution in [0.3, 0.4) is 0 Å². The maximum Gasteiger partial charge on any atom is 0.357 e. The van der Waals surface area contributed by atoms with Gasteiger partial charge in [-0.2, -0.15) is 10.1 Å². The summed E-state index contributed by atoms with van der Waals surface area (Å²) < 4.78 is 2.55. The molecule has 0 unspecified atom stereocenters. The van der Waals surface area contributed by atoms with Crippen LogP contribution in [-0.4, -0.2) is 24.3 Å². The largest absolute Gasteiger partial charge is 0.357 e. The van der Waals surface area contributed by atoms with Crippen molar-refractivity contribution in [3.05, 3.63) is 87.3 Å². The number of aromatic nitrogens is 5. The van der Waals surface area contributed by atoms with E-state index in [0.29, 0.717) is 17.2 Å². The second-order valence-electron chi connectivity index (χ2n) is 6.41. The van der Waals surface area contributed by atoms with E-state index in [4.69, 9.17) is 0 Å². The highest BCUT2D eigenvalue weighted by atomic mass is 16.2. The summed E-state index contributed by atoms with van der Waals surface area (Å²) in [5.74, 6) is 0.650. The first-order valence-electron chi connectivity index (χ1n) is 8.61. The third-order valence-electron chi connectivity index (χ3n) is 4.17. The highest BCUT2D eigenvalue weighted by Gasteiger charge is 2.23. The molecular formula is C20H17N5O2. The van der Waals surface area contributed by atoms with Gasteiger partial charge in [-0.05, 0) is 24.3 Å². The van der Waals surface area contributed by atoms with Crippen molar-refractivity contribution >= 4 is 0 Å². The van der Waals surface area contributed by atoms with Crippen molar-refractivity contribution in [2.75, 3.05) is 0 Å². The average molecular weight is 359 g/mol. The van der Waals surface area contributed by atoms with Crippen LogP contribution in [-0.2, 0) is 0 Å². The summed E-state index contributed by atoms with van der Waals surface area (Å²) in [4.78, 5) is 34.3. The third kappa shape index (κ3) is 2.93. The molecule has 2 heterocycles. The number of para-hydroxylation sites is 2. The molecule has 0 bridgehead atoms. The number of benzene rings is 2. The summed E-state index contributed by atoms with van der Waals surface area (Å²) in [6, 6.07) is 18.0. The fourth-order valence-corrected chi connectivity index (χ4v) is 2.81. The second kappa shape index (κ2) is 6.60. The molecule has 0 saturated heterocycles. The monoisotopic (exact) mass is 359 g/mol. The van der Waals surface area contributed by atoms with E-state index in [1.165, 1.54) is 4.68 Å². The number of hydrogen-bond acceptors (Lipinski definition) is 5. The maximum absolute atomic E-state index is 13.1. The van der Waals surface area contributed by atoms with Crippen molar-refractivity contribution in [2.24, 2.45) is 0 Å². The van der Waals surface area contributed by atoms with E-state index in [2.05, 4.69) is 15.1 Å². The van der Waals surface area contributed by atoms with Gasteiger partial charge in [0.1, 0.15) is 0 Å². The minimum Gasteiger partial charge on any atom is -0.266 e. The molecule has 0 amide bonds. The zero-order chi connectivity index (χ0) is 19.0. The van der Waals surface area contributed by atoms with Crippen molar-refractivity contribution in [1.82, 2.24) is 24.3 Å². The molecule has 0 atom stereocenters. The molecule has 27 heavy (non-hydrogen) atoms. The molecule has 4 rings (SSSR count). The standard InChI is InChI=1S/C20H17N5O2/c1-13(2)17-21-16-18(25(23-17)15-11-7-4-8-12-15)22-20(27)24(19(16)26)14-9-5-3-6-10-14/h3-13H,1-2H3. The molecule has 7 heteroatoms. The molecule has 0 aromatic heterocycles. The van der Waals surface area contributed by atoms with E-state index < -0.39 is 11.2 Å². The lowest BCUT2D eigenvalue weighted by molar-refractivity contribution is 0.670. The lowest BCUT2D eigenvalue weighted by Gasteiger charge is -2.16. The normalized spacial score (nSPS) is 11.2. The first-order chi connectivity index (χ1) is 13.1. The Hall–Kier alpha value is -3.61. The van der Waals surface area contributed by atoms with Crippen LogP contribution < -0.4 is 11.2 Å². The molecule has 2 aromatic carbocycles. The summed E-state index contributed by atoms with van der Waals surface area (Å²) in [6.45, 7) is 3.89. The second-order valence-corrected chi connectivity index (χ2v) is 6.41. The van der Waals surface area contributed by atoms with Gasteiger partial charge in [0.05, 0.1) is 11.4 Å². The third-order valence-corrected chi connectivity index (χ3v) is 4.17. The SMILES string of the molecule is CC(C)c1nc2c(=O)n(-c3ccccc3)c(=O)nc-2n(-c2ccccc2)n1.